The molecule has 0 spiro atoms. The molecule has 3 heterocycles. The number of thiazole rings is 1. The second kappa shape index (κ2) is 13.6. The molecule has 0 bridgehead atoms. The standard InChI is InChI=1S/C24H31N9O10S2/c1-24(2)18(20(35)33(24)43-45(38,39)40)31-19(34)17(15-11-44-22(26)30-15)32-42-16(21(36)37)10-41-13-5-3-12(4-6-13)14(25)9-29-23-27-7-8-28-23/h3-6,11,14,16,18H,7-10,25H2,1-2H3,(H2,26,30)(H,31,34)(H,36,37)(H2,27,28,29)(H,38,39,40)/b32-17-/t14-,16-,18-/m1/s1. The van der Waals surface area contributed by atoms with Gasteiger partial charge in [-0.25, -0.2) is 9.78 Å². The third-order valence-corrected chi connectivity index (χ3v) is 7.53. The minimum atomic E-state index is -5.02. The number of nitrogen functional groups attached to an aromatic ring is 1. The van der Waals surface area contributed by atoms with E-state index in [0.717, 1.165) is 23.4 Å². The lowest BCUT2D eigenvalue weighted by atomic mass is 9.84. The van der Waals surface area contributed by atoms with Crippen LogP contribution in [0.15, 0.2) is 39.8 Å². The van der Waals surface area contributed by atoms with Crippen molar-refractivity contribution in [1.82, 2.24) is 26.0 Å². The van der Waals surface area contributed by atoms with Crippen molar-refractivity contribution >= 4 is 56.3 Å². The number of hydrogen-bond acceptors (Lipinski definition) is 16. The third kappa shape index (κ3) is 8.33. The molecule has 2 aromatic rings. The Morgan fingerprint density at radius 2 is 2.02 bits per heavy atom. The van der Waals surface area contributed by atoms with Crippen LogP contribution in [-0.2, 0) is 33.9 Å². The highest BCUT2D eigenvalue weighted by molar-refractivity contribution is 7.80. The van der Waals surface area contributed by atoms with Crippen molar-refractivity contribution in [1.29, 1.82) is 0 Å². The van der Waals surface area contributed by atoms with E-state index >= 15 is 0 Å². The zero-order valence-corrected chi connectivity index (χ0v) is 25.5. The summed E-state index contributed by atoms with van der Waals surface area (Å²) in [5.74, 6) is -2.49. The molecular weight excluding hydrogens is 638 g/mol. The van der Waals surface area contributed by atoms with Gasteiger partial charge in [-0.2, -0.15) is 13.5 Å². The van der Waals surface area contributed by atoms with Crippen LogP contribution in [0.2, 0.25) is 0 Å². The summed E-state index contributed by atoms with van der Waals surface area (Å²) in [5, 5.41) is 23.7. The van der Waals surface area contributed by atoms with Crippen LogP contribution in [0.1, 0.15) is 31.1 Å². The summed E-state index contributed by atoms with van der Waals surface area (Å²) in [7, 11) is -5.02. The van der Waals surface area contributed by atoms with Crippen LogP contribution in [0, 0.1) is 0 Å². The van der Waals surface area contributed by atoms with Crippen molar-refractivity contribution in [2.75, 3.05) is 32.0 Å². The topological polar surface area (TPSA) is 282 Å². The number of nitrogens with one attached hydrogen (secondary N) is 3. The number of carbonyl (C=O) groups is 3. The number of β-lactam (4-membered cyclic amide) rings is 1. The number of rotatable bonds is 14. The summed E-state index contributed by atoms with van der Waals surface area (Å²) in [4.78, 5) is 50.9. The number of benzene rings is 1. The number of nitrogens with two attached hydrogens (primary N) is 2. The number of ether oxygens (including phenoxy) is 1. The first kappa shape index (κ1) is 33.3. The Labute approximate surface area is 260 Å². The molecule has 4 rings (SSSR count). The number of amides is 2. The van der Waals surface area contributed by atoms with Crippen LogP contribution in [0.25, 0.3) is 0 Å². The fourth-order valence-electron chi connectivity index (χ4n) is 4.11. The van der Waals surface area contributed by atoms with Crippen molar-refractivity contribution in [2.24, 2.45) is 15.9 Å². The van der Waals surface area contributed by atoms with Crippen LogP contribution in [0.3, 0.4) is 0 Å². The number of carboxylic acid groups (broad SMARTS) is 1. The molecule has 0 unspecified atom stereocenters. The minimum absolute atomic E-state index is 0.0549. The van der Waals surface area contributed by atoms with Gasteiger partial charge < -0.3 is 42.1 Å². The van der Waals surface area contributed by atoms with Gasteiger partial charge in [0, 0.05) is 24.5 Å². The number of anilines is 1. The van der Waals surface area contributed by atoms with Gasteiger partial charge in [-0.1, -0.05) is 17.3 Å². The fraction of sp³-hybridized carbons (Fsp3) is 0.417. The minimum Gasteiger partial charge on any atom is -0.489 e. The van der Waals surface area contributed by atoms with Crippen LogP contribution < -0.4 is 32.2 Å². The van der Waals surface area contributed by atoms with Gasteiger partial charge in [0.1, 0.15) is 24.1 Å². The normalized spacial score (nSPS) is 19.1. The van der Waals surface area contributed by atoms with E-state index in [1.54, 1.807) is 24.3 Å². The molecular formula is C24H31N9O10S2. The number of guanidine groups is 1. The summed E-state index contributed by atoms with van der Waals surface area (Å²) in [5.41, 5.74) is 10.6. The maximum absolute atomic E-state index is 13.2. The number of hydroxylamine groups is 2. The Morgan fingerprint density at radius 1 is 1.31 bits per heavy atom. The average Bonchev–Trinajstić information content (AvgIpc) is 3.66. The highest BCUT2D eigenvalue weighted by Crippen LogP contribution is 2.33. The van der Waals surface area contributed by atoms with Gasteiger partial charge in [-0.3, -0.25) is 19.1 Å². The van der Waals surface area contributed by atoms with Crippen molar-refractivity contribution in [3.05, 3.63) is 40.9 Å². The van der Waals surface area contributed by atoms with Gasteiger partial charge >= 0.3 is 16.4 Å². The quantitative estimate of drug-likeness (QED) is 0.0514. The van der Waals surface area contributed by atoms with E-state index in [-0.39, 0.29) is 16.9 Å². The van der Waals surface area contributed by atoms with E-state index in [1.165, 1.54) is 19.2 Å². The molecule has 1 aromatic carbocycles. The Hall–Kier alpha value is -4.57. The molecule has 21 heteroatoms. The molecule has 19 nitrogen and oxygen atoms in total. The van der Waals surface area contributed by atoms with Crippen LogP contribution in [-0.4, -0.2) is 102 Å². The highest BCUT2D eigenvalue weighted by Gasteiger charge is 2.58. The first-order valence-electron chi connectivity index (χ1n) is 13.2. The molecule has 9 N–H and O–H groups in total. The van der Waals surface area contributed by atoms with Gasteiger partial charge in [-0.05, 0) is 31.5 Å². The summed E-state index contributed by atoms with van der Waals surface area (Å²) < 4.78 is 40.9. The van der Waals surface area contributed by atoms with E-state index in [2.05, 4.69) is 35.4 Å². The molecule has 1 fully saturated rings. The molecule has 1 aromatic heterocycles. The lowest BCUT2D eigenvalue weighted by Gasteiger charge is -2.50. The smallest absolute Gasteiger partial charge is 0.418 e. The fourth-order valence-corrected chi connectivity index (χ4v) is 5.11. The van der Waals surface area contributed by atoms with Gasteiger partial charge in [0.2, 0.25) is 0 Å². The van der Waals surface area contributed by atoms with E-state index in [1.807, 2.05) is 0 Å². The number of hydrogen-bond donors (Lipinski definition) is 7. The molecule has 2 aliphatic rings. The summed E-state index contributed by atoms with van der Waals surface area (Å²) in [6, 6.07) is 4.98. The lowest BCUT2D eigenvalue weighted by Crippen LogP contribution is -2.76. The van der Waals surface area contributed by atoms with Crippen LogP contribution in [0.4, 0.5) is 5.13 Å². The van der Waals surface area contributed by atoms with E-state index in [4.69, 9.17) is 25.6 Å². The second-order valence-electron chi connectivity index (χ2n) is 10.2. The van der Waals surface area contributed by atoms with Crippen LogP contribution in [0.5, 0.6) is 5.75 Å². The Morgan fingerprint density at radius 3 is 2.58 bits per heavy atom. The molecule has 45 heavy (non-hydrogen) atoms. The second-order valence-corrected chi connectivity index (χ2v) is 12.1. The predicted octanol–water partition coefficient (Wildman–Crippen LogP) is -1.63. The number of aromatic nitrogens is 1. The largest absolute Gasteiger partial charge is 0.489 e. The van der Waals surface area contributed by atoms with E-state index in [0.29, 0.717) is 29.9 Å². The van der Waals surface area contributed by atoms with Gasteiger partial charge in [0.05, 0.1) is 12.1 Å². The van der Waals surface area contributed by atoms with Crippen LogP contribution >= 0.6 is 11.3 Å². The zero-order valence-electron chi connectivity index (χ0n) is 23.9. The average molecular weight is 670 g/mol. The first-order chi connectivity index (χ1) is 21.2. The van der Waals surface area contributed by atoms with Gasteiger partial charge in [-0.15, -0.1) is 15.6 Å². The van der Waals surface area contributed by atoms with E-state index in [9.17, 15) is 27.9 Å². The number of carbonyl (C=O) groups excluding carboxylic acids is 2. The number of nitrogens with zero attached hydrogens (tertiary/aromatic N) is 4. The predicted molar refractivity (Wildman–Crippen MR) is 158 cm³/mol. The van der Waals surface area contributed by atoms with Crippen molar-refractivity contribution in [2.45, 2.75) is 37.6 Å². The Balaban J connectivity index is 1.40. The molecule has 3 atom stereocenters. The first-order valence-corrected chi connectivity index (χ1v) is 15.4. The number of aliphatic imine (C=N–C) groups is 1. The Bertz CT molecular complexity index is 1590. The summed E-state index contributed by atoms with van der Waals surface area (Å²) >= 11 is 0.954. The third-order valence-electron chi connectivity index (χ3n) is 6.52. The summed E-state index contributed by atoms with van der Waals surface area (Å²) in [6.07, 6.45) is -1.69. The molecule has 2 aliphatic heterocycles. The maximum Gasteiger partial charge on any atom is 0.418 e. The maximum atomic E-state index is 13.2. The van der Waals surface area contributed by atoms with Gasteiger partial charge in [0.25, 0.3) is 17.9 Å². The SMILES string of the molecule is CC1(C)[C@H](NC(=O)/C(=N\O[C@H](COc2ccc([C@H](N)CNC3=NCCN3)cc2)C(=O)O)c2csc(N)n2)C(=O)N1OS(=O)(=O)O. The van der Waals surface area contributed by atoms with Crippen molar-refractivity contribution in [3.63, 3.8) is 0 Å². The molecule has 0 aliphatic carbocycles. The summed E-state index contributed by atoms with van der Waals surface area (Å²) in [6.45, 7) is 4.10. The number of oxime groups is 1. The van der Waals surface area contributed by atoms with E-state index < -0.39 is 58.2 Å². The Kier molecular flexibility index (Phi) is 10.1. The molecule has 244 valence electrons. The monoisotopic (exact) mass is 669 g/mol. The molecule has 2 amide bonds. The molecule has 1 saturated heterocycles. The number of aliphatic carboxylic acids is 1. The van der Waals surface area contributed by atoms with Crippen molar-refractivity contribution < 1.29 is 46.3 Å². The highest BCUT2D eigenvalue weighted by atomic mass is 32.3. The van der Waals surface area contributed by atoms with Crippen molar-refractivity contribution in [3.8, 4) is 5.75 Å². The lowest BCUT2D eigenvalue weighted by molar-refractivity contribution is -0.218. The van der Waals surface area contributed by atoms with Gasteiger partial charge in [0.15, 0.2) is 16.8 Å². The molecule has 0 radical (unpaired) electrons. The zero-order chi connectivity index (χ0) is 32.9. The molecule has 0 saturated carbocycles. The number of carboxylic acids is 1.